The highest BCUT2D eigenvalue weighted by Crippen LogP contribution is 2.36. The van der Waals surface area contributed by atoms with Gasteiger partial charge in [0.2, 0.25) is 5.91 Å². The molecule has 0 saturated heterocycles. The first kappa shape index (κ1) is 21.6. The van der Waals surface area contributed by atoms with Gasteiger partial charge < -0.3 is 5.32 Å². The van der Waals surface area contributed by atoms with Gasteiger partial charge in [-0.05, 0) is 71.7 Å². The fourth-order valence-electron chi connectivity index (χ4n) is 4.15. The molecule has 0 radical (unpaired) electrons. The second kappa shape index (κ2) is 8.94. The lowest BCUT2D eigenvalue weighted by Crippen LogP contribution is -2.37. The van der Waals surface area contributed by atoms with E-state index in [1.165, 1.54) is 11.1 Å². The number of carbonyl (C=O) groups excluding carboxylic acids is 1. The van der Waals surface area contributed by atoms with Gasteiger partial charge in [0.15, 0.2) is 0 Å². The molecule has 1 amide bonds. The largest absolute Gasteiger partial charge is 0.325 e. The van der Waals surface area contributed by atoms with Crippen LogP contribution >= 0.6 is 0 Å². The van der Waals surface area contributed by atoms with Gasteiger partial charge in [0.1, 0.15) is 12.6 Å². The van der Waals surface area contributed by atoms with Crippen LogP contribution in [0.1, 0.15) is 33.9 Å². The Morgan fingerprint density at radius 3 is 2.44 bits per heavy atom. The number of tetrazole rings is 1. The summed E-state index contributed by atoms with van der Waals surface area (Å²) in [6.45, 7) is 6.22. The van der Waals surface area contributed by atoms with Crippen LogP contribution in [0.4, 0.5) is 11.6 Å². The second-order valence-electron chi connectivity index (χ2n) is 8.63. The smallest absolute Gasteiger partial charge is 0.251 e. The Kier molecular flexibility index (Phi) is 5.67. The normalized spacial score (nSPS) is 15.0. The van der Waals surface area contributed by atoms with E-state index in [0.717, 1.165) is 28.1 Å². The number of aromatic nitrogens is 4. The molecule has 0 fully saturated rings. The lowest BCUT2D eigenvalue weighted by molar-refractivity contribution is -0.114. The van der Waals surface area contributed by atoms with E-state index in [9.17, 15) is 4.79 Å². The van der Waals surface area contributed by atoms with E-state index < -0.39 is 0 Å². The van der Waals surface area contributed by atoms with Gasteiger partial charge >= 0.3 is 0 Å². The molecule has 5 rings (SSSR count). The van der Waals surface area contributed by atoms with Crippen LogP contribution in [0.2, 0.25) is 0 Å². The molecule has 0 bridgehead atoms. The van der Waals surface area contributed by atoms with Crippen LogP contribution in [0, 0.1) is 20.8 Å². The maximum Gasteiger partial charge on any atom is 0.251 e. The van der Waals surface area contributed by atoms with Crippen molar-refractivity contribution in [1.29, 1.82) is 0 Å². The first-order valence-electron chi connectivity index (χ1n) is 11.3. The Morgan fingerprint density at radius 1 is 0.941 bits per heavy atom. The van der Waals surface area contributed by atoms with Crippen molar-refractivity contribution in [3.8, 4) is 0 Å². The summed E-state index contributed by atoms with van der Waals surface area (Å²) in [4.78, 5) is 15.0. The average molecular weight is 451 g/mol. The lowest BCUT2D eigenvalue weighted by Gasteiger charge is -2.32. The number of aryl methyl sites for hydroxylation is 3. The Balaban J connectivity index is 1.52. The van der Waals surface area contributed by atoms with Crippen molar-refractivity contribution in [2.24, 2.45) is 0 Å². The van der Waals surface area contributed by atoms with Crippen molar-refractivity contribution in [2.45, 2.75) is 26.8 Å². The quantitative estimate of drug-likeness (QED) is 0.478. The van der Waals surface area contributed by atoms with Crippen molar-refractivity contribution in [3.05, 3.63) is 107 Å². The first-order valence-corrected chi connectivity index (χ1v) is 11.3. The van der Waals surface area contributed by atoms with Crippen molar-refractivity contribution in [2.75, 3.05) is 16.8 Å². The summed E-state index contributed by atoms with van der Waals surface area (Å²) < 4.78 is 1.76. The fraction of sp³-hybridized carbons (Fsp3) is 0.185. The molecule has 1 aromatic heterocycles. The van der Waals surface area contributed by atoms with E-state index in [-0.39, 0.29) is 18.5 Å². The van der Waals surface area contributed by atoms with Crippen molar-refractivity contribution < 1.29 is 4.79 Å². The van der Waals surface area contributed by atoms with Crippen LogP contribution in [-0.2, 0) is 4.79 Å². The predicted molar refractivity (Wildman–Crippen MR) is 133 cm³/mol. The minimum Gasteiger partial charge on any atom is -0.325 e. The number of rotatable bonds is 5. The first-order chi connectivity index (χ1) is 16.5. The van der Waals surface area contributed by atoms with E-state index >= 15 is 0 Å². The van der Waals surface area contributed by atoms with Gasteiger partial charge in [-0.2, -0.15) is 4.68 Å². The molecule has 4 aromatic rings. The molecule has 7 nitrogen and oxygen atoms in total. The van der Waals surface area contributed by atoms with Gasteiger partial charge in [0.25, 0.3) is 5.95 Å². The van der Waals surface area contributed by atoms with Gasteiger partial charge in [0, 0.05) is 5.69 Å². The highest BCUT2D eigenvalue weighted by Gasteiger charge is 2.31. The molecule has 0 unspecified atom stereocenters. The Morgan fingerprint density at radius 2 is 1.71 bits per heavy atom. The third kappa shape index (κ3) is 4.20. The molecule has 0 spiro atoms. The van der Waals surface area contributed by atoms with Gasteiger partial charge in [-0.1, -0.05) is 71.3 Å². The predicted octanol–water partition coefficient (Wildman–Crippen LogP) is 4.69. The van der Waals surface area contributed by atoms with Crippen molar-refractivity contribution in [3.63, 3.8) is 0 Å². The number of hydrogen-bond acceptors (Lipinski definition) is 5. The summed E-state index contributed by atoms with van der Waals surface area (Å²) >= 11 is 0. The topological polar surface area (TPSA) is 75.9 Å². The number of amides is 1. The van der Waals surface area contributed by atoms with Crippen LogP contribution in [0.5, 0.6) is 0 Å². The molecular weight excluding hydrogens is 424 g/mol. The Hall–Kier alpha value is -4.26. The van der Waals surface area contributed by atoms with E-state index in [0.29, 0.717) is 5.95 Å². The average Bonchev–Trinajstić information content (AvgIpc) is 3.33. The molecule has 1 aliphatic heterocycles. The SMILES string of the molecule is Cc1ccc(C2=C[C@@H](c3ccccc3)n3nnnc3N2CC(=O)Nc2ccc(C)c(C)c2)cc1. The molecular formula is C27H26N6O. The maximum absolute atomic E-state index is 13.1. The standard InChI is InChI=1S/C27H26N6O/c1-18-9-12-22(13-10-18)24-16-25(21-7-5-4-6-8-21)33-27(29-30-31-33)32(24)17-26(34)28-23-14-11-19(2)20(3)15-23/h4-16,25H,17H2,1-3H3,(H,28,34)/t25-/m0/s1. The summed E-state index contributed by atoms with van der Waals surface area (Å²) in [5, 5.41) is 15.5. The number of anilines is 2. The third-order valence-electron chi connectivity index (χ3n) is 6.17. The molecule has 34 heavy (non-hydrogen) atoms. The zero-order valence-corrected chi connectivity index (χ0v) is 19.4. The fourth-order valence-corrected chi connectivity index (χ4v) is 4.15. The number of fused-ring (bicyclic) bond motifs is 1. The molecule has 170 valence electrons. The number of allylic oxidation sites excluding steroid dienone is 1. The van der Waals surface area contributed by atoms with Crippen LogP contribution in [0.3, 0.4) is 0 Å². The summed E-state index contributed by atoms with van der Waals surface area (Å²) in [6, 6.07) is 24.1. The van der Waals surface area contributed by atoms with Crippen LogP contribution in [0.25, 0.3) is 5.70 Å². The highest BCUT2D eigenvalue weighted by atomic mass is 16.2. The molecule has 0 aliphatic carbocycles. The summed E-state index contributed by atoms with van der Waals surface area (Å²) in [5.41, 5.74) is 7.22. The van der Waals surface area contributed by atoms with Crippen LogP contribution < -0.4 is 10.2 Å². The van der Waals surface area contributed by atoms with Crippen LogP contribution in [0.15, 0.2) is 78.9 Å². The minimum atomic E-state index is -0.179. The van der Waals surface area contributed by atoms with Gasteiger partial charge in [-0.3, -0.25) is 9.69 Å². The van der Waals surface area contributed by atoms with E-state index in [2.05, 4.69) is 77.2 Å². The number of hydrogen-bond donors (Lipinski definition) is 1. The number of nitrogens with zero attached hydrogens (tertiary/aromatic N) is 5. The van der Waals surface area contributed by atoms with Crippen LogP contribution in [-0.4, -0.2) is 32.7 Å². The maximum atomic E-state index is 13.1. The van der Waals surface area contributed by atoms with E-state index in [1.54, 1.807) is 4.68 Å². The minimum absolute atomic E-state index is 0.0779. The summed E-state index contributed by atoms with van der Waals surface area (Å²) in [6.07, 6.45) is 2.12. The van der Waals surface area contributed by atoms with Gasteiger partial charge in [-0.25, -0.2) is 0 Å². The molecule has 1 aliphatic rings. The van der Waals surface area contributed by atoms with Gasteiger partial charge in [0.05, 0.1) is 5.70 Å². The van der Waals surface area contributed by atoms with Crippen molar-refractivity contribution >= 4 is 23.2 Å². The zero-order valence-electron chi connectivity index (χ0n) is 19.4. The monoisotopic (exact) mass is 450 g/mol. The summed E-state index contributed by atoms with van der Waals surface area (Å²) in [5.74, 6) is 0.385. The molecule has 3 aromatic carbocycles. The van der Waals surface area contributed by atoms with Gasteiger partial charge in [-0.15, -0.1) is 0 Å². The Bertz CT molecular complexity index is 1360. The zero-order chi connectivity index (χ0) is 23.7. The van der Waals surface area contributed by atoms with E-state index in [1.807, 2.05) is 48.2 Å². The second-order valence-corrected chi connectivity index (χ2v) is 8.63. The van der Waals surface area contributed by atoms with E-state index in [4.69, 9.17) is 0 Å². The highest BCUT2D eigenvalue weighted by molar-refractivity contribution is 5.97. The molecule has 1 N–H and O–H groups in total. The number of carbonyl (C=O) groups is 1. The lowest BCUT2D eigenvalue weighted by atomic mass is 10.00. The molecule has 0 saturated carbocycles. The summed E-state index contributed by atoms with van der Waals surface area (Å²) in [7, 11) is 0. The third-order valence-corrected chi connectivity index (χ3v) is 6.17. The Labute approximate surface area is 198 Å². The van der Waals surface area contributed by atoms with Crippen molar-refractivity contribution in [1.82, 2.24) is 20.2 Å². The number of nitrogens with one attached hydrogen (secondary N) is 1. The molecule has 7 heteroatoms. The molecule has 2 heterocycles. The number of benzene rings is 3. The molecule has 1 atom stereocenters.